The smallest absolute Gasteiger partial charge is 0.341 e. The normalized spacial score (nSPS) is 18.0. The van der Waals surface area contributed by atoms with Gasteiger partial charge in [0.1, 0.15) is 0 Å². The summed E-state index contributed by atoms with van der Waals surface area (Å²) in [6.07, 6.45) is 3.66. The molecular weight excluding hydrogens is 258 g/mol. The molecule has 1 N–H and O–H groups in total. The van der Waals surface area contributed by atoms with E-state index in [9.17, 15) is 4.79 Å². The van der Waals surface area contributed by atoms with Crippen LogP contribution in [-0.4, -0.2) is 42.2 Å². The van der Waals surface area contributed by atoms with E-state index in [1.807, 2.05) is 0 Å². The van der Waals surface area contributed by atoms with E-state index in [1.54, 1.807) is 13.8 Å². The van der Waals surface area contributed by atoms with Crippen molar-refractivity contribution in [1.29, 1.82) is 0 Å². The summed E-state index contributed by atoms with van der Waals surface area (Å²) < 4.78 is 10.5. The summed E-state index contributed by atoms with van der Waals surface area (Å²) in [6.45, 7) is 6.61. The predicted molar refractivity (Wildman–Crippen MR) is 73.8 cm³/mol. The van der Waals surface area contributed by atoms with E-state index in [4.69, 9.17) is 9.47 Å². The van der Waals surface area contributed by atoms with E-state index >= 15 is 0 Å². The van der Waals surface area contributed by atoms with Crippen molar-refractivity contribution < 1.29 is 14.3 Å². The van der Waals surface area contributed by atoms with E-state index in [0.717, 1.165) is 19.5 Å². The molecule has 0 aromatic carbocycles. The zero-order valence-corrected chi connectivity index (χ0v) is 12.0. The van der Waals surface area contributed by atoms with Crippen LogP contribution in [0.15, 0.2) is 6.20 Å². The third-order valence-corrected chi connectivity index (χ3v) is 3.37. The molecule has 1 aliphatic rings. The SMILES string of the molecule is CCOC(=O)c1cnc(OCCC2CCNC2)nc1C. The minimum Gasteiger partial charge on any atom is -0.463 e. The second-order valence-corrected chi connectivity index (χ2v) is 4.87. The van der Waals surface area contributed by atoms with Crippen molar-refractivity contribution in [2.24, 2.45) is 5.92 Å². The molecule has 0 spiro atoms. The van der Waals surface area contributed by atoms with Gasteiger partial charge < -0.3 is 14.8 Å². The van der Waals surface area contributed by atoms with Gasteiger partial charge in [0.2, 0.25) is 0 Å². The van der Waals surface area contributed by atoms with Gasteiger partial charge in [-0.15, -0.1) is 0 Å². The zero-order chi connectivity index (χ0) is 14.4. The van der Waals surface area contributed by atoms with E-state index in [2.05, 4.69) is 15.3 Å². The van der Waals surface area contributed by atoms with Gasteiger partial charge >= 0.3 is 12.0 Å². The molecule has 1 saturated heterocycles. The number of nitrogens with one attached hydrogen (secondary N) is 1. The quantitative estimate of drug-likeness (QED) is 0.792. The highest BCUT2D eigenvalue weighted by Gasteiger charge is 2.15. The first-order valence-corrected chi connectivity index (χ1v) is 7.05. The van der Waals surface area contributed by atoms with Crippen LogP contribution in [0.4, 0.5) is 0 Å². The average Bonchev–Trinajstić information content (AvgIpc) is 2.92. The van der Waals surface area contributed by atoms with E-state index < -0.39 is 5.97 Å². The largest absolute Gasteiger partial charge is 0.463 e. The zero-order valence-electron chi connectivity index (χ0n) is 12.0. The Kier molecular flexibility index (Phi) is 5.29. The molecule has 1 unspecified atom stereocenters. The maximum atomic E-state index is 11.6. The lowest BCUT2D eigenvalue weighted by Crippen LogP contribution is -2.13. The Bertz CT molecular complexity index is 459. The number of carbonyl (C=O) groups is 1. The first-order valence-electron chi connectivity index (χ1n) is 7.05. The molecule has 1 aliphatic heterocycles. The van der Waals surface area contributed by atoms with E-state index in [1.165, 1.54) is 12.6 Å². The summed E-state index contributed by atoms with van der Waals surface area (Å²) in [5.41, 5.74) is 0.968. The molecule has 1 aromatic rings. The van der Waals surface area contributed by atoms with Crippen LogP contribution in [0.5, 0.6) is 6.01 Å². The van der Waals surface area contributed by atoms with Gasteiger partial charge in [0.15, 0.2) is 0 Å². The molecule has 1 atom stereocenters. The van der Waals surface area contributed by atoms with Crippen LogP contribution in [-0.2, 0) is 4.74 Å². The maximum absolute atomic E-state index is 11.6. The van der Waals surface area contributed by atoms with Gasteiger partial charge in [0.25, 0.3) is 0 Å². The van der Waals surface area contributed by atoms with Gasteiger partial charge in [0, 0.05) is 6.20 Å². The van der Waals surface area contributed by atoms with Crippen molar-refractivity contribution in [2.75, 3.05) is 26.3 Å². The van der Waals surface area contributed by atoms with Gasteiger partial charge in [-0.25, -0.2) is 9.78 Å². The molecule has 0 saturated carbocycles. The van der Waals surface area contributed by atoms with Crippen LogP contribution in [0, 0.1) is 12.8 Å². The Balaban J connectivity index is 1.86. The van der Waals surface area contributed by atoms with Gasteiger partial charge in [-0.1, -0.05) is 0 Å². The first-order chi connectivity index (χ1) is 9.70. The molecule has 6 nitrogen and oxygen atoms in total. The minimum absolute atomic E-state index is 0.321. The van der Waals surface area contributed by atoms with Crippen molar-refractivity contribution in [3.63, 3.8) is 0 Å². The third-order valence-electron chi connectivity index (χ3n) is 3.37. The van der Waals surface area contributed by atoms with Crippen molar-refractivity contribution in [3.05, 3.63) is 17.5 Å². The molecule has 0 bridgehead atoms. The number of aromatic nitrogens is 2. The standard InChI is InChI=1S/C14H21N3O3/c1-3-19-13(18)12-9-16-14(17-10(12)2)20-7-5-11-4-6-15-8-11/h9,11,15H,3-8H2,1-2H3. The molecule has 1 aromatic heterocycles. The molecule has 6 heteroatoms. The Morgan fingerprint density at radius 2 is 2.40 bits per heavy atom. The monoisotopic (exact) mass is 279 g/mol. The number of hydrogen-bond acceptors (Lipinski definition) is 6. The summed E-state index contributed by atoms with van der Waals surface area (Å²) in [4.78, 5) is 19.9. The predicted octanol–water partition coefficient (Wildman–Crippen LogP) is 1.34. The van der Waals surface area contributed by atoms with Gasteiger partial charge in [-0.2, -0.15) is 4.98 Å². The molecule has 2 heterocycles. The summed E-state index contributed by atoms with van der Waals surface area (Å²) in [5, 5.41) is 3.32. The number of nitrogens with zero attached hydrogens (tertiary/aromatic N) is 2. The van der Waals surface area contributed by atoms with Crippen molar-refractivity contribution in [3.8, 4) is 6.01 Å². The van der Waals surface area contributed by atoms with Crippen molar-refractivity contribution in [1.82, 2.24) is 15.3 Å². The highest BCUT2D eigenvalue weighted by molar-refractivity contribution is 5.90. The summed E-state index contributed by atoms with van der Waals surface area (Å²) in [7, 11) is 0. The van der Waals surface area contributed by atoms with Crippen LogP contribution < -0.4 is 10.1 Å². The highest BCUT2D eigenvalue weighted by atomic mass is 16.5. The third kappa shape index (κ3) is 3.90. The fourth-order valence-corrected chi connectivity index (χ4v) is 2.20. The Hall–Kier alpha value is -1.69. The first kappa shape index (κ1) is 14.7. The number of ether oxygens (including phenoxy) is 2. The molecule has 110 valence electrons. The second-order valence-electron chi connectivity index (χ2n) is 4.87. The average molecular weight is 279 g/mol. The number of esters is 1. The Morgan fingerprint density at radius 1 is 1.55 bits per heavy atom. The lowest BCUT2D eigenvalue weighted by molar-refractivity contribution is 0.0524. The highest BCUT2D eigenvalue weighted by Crippen LogP contribution is 2.14. The number of carbonyl (C=O) groups excluding carboxylic acids is 1. The fraction of sp³-hybridized carbons (Fsp3) is 0.643. The fourth-order valence-electron chi connectivity index (χ4n) is 2.20. The topological polar surface area (TPSA) is 73.3 Å². The number of hydrogen-bond donors (Lipinski definition) is 1. The van der Waals surface area contributed by atoms with Gasteiger partial charge in [0.05, 0.1) is 24.5 Å². The van der Waals surface area contributed by atoms with Crippen LogP contribution >= 0.6 is 0 Å². The molecule has 1 fully saturated rings. The van der Waals surface area contributed by atoms with Crippen molar-refractivity contribution >= 4 is 5.97 Å². The number of aryl methyl sites for hydroxylation is 1. The Morgan fingerprint density at radius 3 is 3.05 bits per heavy atom. The molecule has 20 heavy (non-hydrogen) atoms. The molecule has 0 aliphatic carbocycles. The summed E-state index contributed by atoms with van der Waals surface area (Å²) in [6, 6.07) is 0.321. The maximum Gasteiger partial charge on any atom is 0.341 e. The number of rotatable bonds is 6. The van der Waals surface area contributed by atoms with Crippen LogP contribution in [0.3, 0.4) is 0 Å². The van der Waals surface area contributed by atoms with Crippen LogP contribution in [0.2, 0.25) is 0 Å². The van der Waals surface area contributed by atoms with Gasteiger partial charge in [-0.05, 0) is 45.7 Å². The van der Waals surface area contributed by atoms with Crippen molar-refractivity contribution in [2.45, 2.75) is 26.7 Å². The van der Waals surface area contributed by atoms with Crippen LogP contribution in [0.25, 0.3) is 0 Å². The summed E-state index contributed by atoms with van der Waals surface area (Å²) in [5.74, 6) is 0.281. The lowest BCUT2D eigenvalue weighted by atomic mass is 10.1. The molecule has 0 radical (unpaired) electrons. The second kappa shape index (κ2) is 7.19. The Labute approximate surface area is 118 Å². The molecule has 2 rings (SSSR count). The van der Waals surface area contributed by atoms with E-state index in [-0.39, 0.29) is 0 Å². The molecule has 0 amide bonds. The molecular formula is C14H21N3O3. The summed E-state index contributed by atoms with van der Waals surface area (Å²) >= 11 is 0. The lowest BCUT2D eigenvalue weighted by Gasteiger charge is -2.10. The van der Waals surface area contributed by atoms with E-state index in [0.29, 0.717) is 36.4 Å². The van der Waals surface area contributed by atoms with Crippen LogP contribution in [0.1, 0.15) is 35.8 Å². The van der Waals surface area contributed by atoms with Gasteiger partial charge in [-0.3, -0.25) is 0 Å². The minimum atomic E-state index is -0.395.